The van der Waals surface area contributed by atoms with Gasteiger partial charge in [-0.05, 0) is 156 Å². The Labute approximate surface area is 579 Å². The second-order valence-corrected chi connectivity index (χ2v) is 29.4. The van der Waals surface area contributed by atoms with Crippen LogP contribution in [-0.4, -0.2) is 54.7 Å². The van der Waals surface area contributed by atoms with E-state index in [1.807, 2.05) is 44.2 Å². The number of hydrogen-bond donors (Lipinski definition) is 2. The van der Waals surface area contributed by atoms with Crippen LogP contribution in [0.1, 0.15) is 252 Å². The molecule has 0 heterocycles. The number of methoxy groups -OCH3 is 2. The Bertz CT molecular complexity index is 2340. The first-order chi connectivity index (χ1) is 41.4. The van der Waals surface area contributed by atoms with Gasteiger partial charge in [0.25, 0.3) is 0 Å². The average Bonchev–Trinajstić information content (AvgIpc) is 2.73. The van der Waals surface area contributed by atoms with Gasteiger partial charge in [-0.15, -0.1) is 47.3 Å². The quantitative estimate of drug-likeness (QED) is 0.0255. The van der Waals surface area contributed by atoms with E-state index in [9.17, 15) is 28.0 Å². The lowest BCUT2D eigenvalue weighted by molar-refractivity contribution is -0.0000314. The van der Waals surface area contributed by atoms with Gasteiger partial charge in [-0.2, -0.15) is 0 Å². The molecule has 4 aromatic carbocycles. The number of allylic oxidation sites excluding steroid dienone is 4. The SMILES string of the molecule is BrB(Br)Br.C.C=C(C)C1CCC(C)=CC1c1ccc(CC(C)CCCCC)cc1O.CCCCC/C(C)=C/c1cccc(OC)c1.CCCCCC(C)C.CCCCCC(C)Cc1cccc(O)c1.CCOCC.COc1cccc(C=O)c1.FB(F)F.[Br-]. The summed E-state index contributed by atoms with van der Waals surface area (Å²) in [4.78, 5) is 10.2. The second kappa shape index (κ2) is 63.5. The van der Waals surface area contributed by atoms with E-state index < -0.39 is 7.54 Å². The van der Waals surface area contributed by atoms with Crippen LogP contribution >= 0.6 is 47.3 Å². The zero-order chi connectivity index (χ0) is 66.4. The lowest BCUT2D eigenvalue weighted by Gasteiger charge is -2.31. The third-order valence-corrected chi connectivity index (χ3v) is 14.2. The normalized spacial score (nSPS) is 13.3. The minimum Gasteiger partial charge on any atom is -1.00 e. The highest BCUT2D eigenvalue weighted by Crippen LogP contribution is 2.43. The summed E-state index contributed by atoms with van der Waals surface area (Å²) in [5, 5.41) is 20.0. The van der Waals surface area contributed by atoms with E-state index in [0.29, 0.717) is 34.6 Å². The summed E-state index contributed by atoms with van der Waals surface area (Å²) in [7, 11) is -0.388. The summed E-state index contributed by atoms with van der Waals surface area (Å²) in [6.07, 6.45) is 30.9. The molecule has 0 radical (unpaired) electrons. The Kier molecular flexibility index (Phi) is 67.4. The van der Waals surface area contributed by atoms with Gasteiger partial charge >= 0.3 is 10.7 Å². The molecule has 5 rings (SSSR count). The molecule has 508 valence electrons. The first-order valence-corrected chi connectivity index (χ1v) is 34.9. The van der Waals surface area contributed by atoms with Gasteiger partial charge in [0.2, 0.25) is 0 Å². The number of unbranched alkanes of at least 4 members (excludes halogenated alkanes) is 8. The number of phenols is 2. The molecule has 4 aromatic rings. The molecule has 0 aliphatic heterocycles. The van der Waals surface area contributed by atoms with Crippen molar-refractivity contribution < 1.29 is 59.1 Å². The number of carbonyl (C=O) groups excluding carboxylic acids is 1. The van der Waals surface area contributed by atoms with Gasteiger partial charge in [-0.1, -0.05) is 237 Å². The largest absolute Gasteiger partial charge is 1.00 e. The molecule has 0 fully saturated rings. The molecule has 0 spiro atoms. The fraction of sp³-hybridized carbons (Fsp3) is 0.581. The Morgan fingerprint density at radius 3 is 1.53 bits per heavy atom. The Hall–Kier alpha value is -3.23. The van der Waals surface area contributed by atoms with Gasteiger partial charge in [0, 0.05) is 30.3 Å². The molecule has 0 saturated heterocycles. The maximum Gasteiger partial charge on any atom is 0.762 e. The number of aromatic hydroxyl groups is 2. The molecular formula is C74H120B2Br4F3O6-. The fourth-order valence-electron chi connectivity index (χ4n) is 9.57. The van der Waals surface area contributed by atoms with Crippen molar-refractivity contribution in [2.45, 2.75) is 232 Å². The zero-order valence-electron chi connectivity index (χ0n) is 56.9. The van der Waals surface area contributed by atoms with Crippen molar-refractivity contribution in [3.8, 4) is 23.0 Å². The zero-order valence-corrected chi connectivity index (χ0v) is 63.2. The van der Waals surface area contributed by atoms with E-state index in [-0.39, 0.29) is 33.5 Å². The molecule has 4 atom stereocenters. The second-order valence-electron chi connectivity index (χ2n) is 23.0. The molecule has 1 aliphatic carbocycles. The number of hydrogen-bond acceptors (Lipinski definition) is 6. The molecule has 1 aliphatic rings. The molecule has 15 heteroatoms. The highest BCUT2D eigenvalue weighted by atomic mass is 79.9. The van der Waals surface area contributed by atoms with Crippen LogP contribution in [0.4, 0.5) is 12.9 Å². The van der Waals surface area contributed by atoms with E-state index >= 15 is 0 Å². The van der Waals surface area contributed by atoms with E-state index in [1.54, 1.807) is 44.6 Å². The van der Waals surface area contributed by atoms with Gasteiger partial charge in [-0.3, -0.25) is 17.7 Å². The Morgan fingerprint density at radius 1 is 0.663 bits per heavy atom. The van der Waals surface area contributed by atoms with E-state index in [1.165, 1.54) is 136 Å². The summed E-state index contributed by atoms with van der Waals surface area (Å²) in [6.45, 7) is 34.5. The Balaban J connectivity index is -0.000000325. The minimum absolute atomic E-state index is 0. The Morgan fingerprint density at radius 2 is 1.11 bits per heavy atom. The molecule has 2 N–H and O–H groups in total. The van der Waals surface area contributed by atoms with Crippen molar-refractivity contribution in [3.63, 3.8) is 0 Å². The summed E-state index contributed by atoms with van der Waals surface area (Å²) in [5.74, 6) is 5.49. The molecule has 4 unspecified atom stereocenters. The molecule has 0 bridgehead atoms. The van der Waals surface area contributed by atoms with Crippen LogP contribution in [0.25, 0.3) is 6.08 Å². The summed E-state index contributed by atoms with van der Waals surface area (Å²) >= 11 is 9.31. The number of rotatable bonds is 28. The number of ether oxygens (including phenoxy) is 3. The van der Waals surface area contributed by atoms with Crippen molar-refractivity contribution >= 4 is 70.4 Å². The van der Waals surface area contributed by atoms with Crippen LogP contribution in [0.3, 0.4) is 0 Å². The lowest BCUT2D eigenvalue weighted by Crippen LogP contribution is -3.00. The fourth-order valence-corrected chi connectivity index (χ4v) is 9.57. The van der Waals surface area contributed by atoms with Crippen LogP contribution in [0.2, 0.25) is 0 Å². The molecule has 0 aromatic heterocycles. The van der Waals surface area contributed by atoms with Crippen molar-refractivity contribution in [3.05, 3.63) is 148 Å². The predicted octanol–water partition coefficient (Wildman–Crippen LogP) is 22.4. The van der Waals surface area contributed by atoms with Crippen LogP contribution < -0.4 is 26.5 Å². The number of benzene rings is 4. The van der Waals surface area contributed by atoms with Crippen molar-refractivity contribution in [2.24, 2.45) is 23.7 Å². The third kappa shape index (κ3) is 57.2. The van der Waals surface area contributed by atoms with Crippen molar-refractivity contribution in [2.75, 3.05) is 27.4 Å². The summed E-state index contributed by atoms with van der Waals surface area (Å²) in [5.41, 5.74) is 9.54. The summed E-state index contributed by atoms with van der Waals surface area (Å²) < 4.78 is 44.2. The standard InChI is InChI=1S/C24H36O.C15H22O.C14H22O.C8H8O2.C8H18.C4H10O.CH4.BBr3.BF3.BrH/c1-6-7-8-9-18(4)14-20-11-13-22(24(25)16-20)23-15-19(5)10-12-21(23)17(2)3;1-4-5-6-8-13(2)11-14-9-7-10-15(12-14)16-3;1-3-4-5-7-12(2)10-13-8-6-9-14(15)11-13;1-10-8-4-2-3-7(5-8)6-9;1-4-5-6-7-8(2)3;1-3-5-4-2;;2*2-1(3)4;/h11,13,15-16,18,21,23,25H,2,6-10,12,14H2,1,3-5H3;7,9-12H,4-6,8H2,1-3H3;6,8-9,11-12,15H,3-5,7,10H2,1-2H3;2-6H,1H3;8H,4-7H2,1-3H3;3-4H2,1-2H3;1H4;;;1H/p-1/b;13-11+;;;;;;;;. The van der Waals surface area contributed by atoms with Crippen LogP contribution in [-0.2, 0) is 17.6 Å². The summed E-state index contributed by atoms with van der Waals surface area (Å²) in [6, 6.07) is 29.2. The van der Waals surface area contributed by atoms with Crippen molar-refractivity contribution in [1.29, 1.82) is 0 Å². The number of carbonyl (C=O) groups is 1. The van der Waals surface area contributed by atoms with Crippen LogP contribution in [0, 0.1) is 23.7 Å². The maximum atomic E-state index is 10.7. The highest BCUT2D eigenvalue weighted by Gasteiger charge is 2.27. The van der Waals surface area contributed by atoms with Gasteiger partial charge in [0.15, 0.2) is 0 Å². The lowest BCUT2D eigenvalue weighted by atomic mass is 9.74. The number of aldehydes is 1. The molecule has 0 amide bonds. The van der Waals surface area contributed by atoms with Crippen molar-refractivity contribution in [1.82, 2.24) is 0 Å². The van der Waals surface area contributed by atoms with Gasteiger partial charge < -0.3 is 41.4 Å². The van der Waals surface area contributed by atoms with E-state index in [4.69, 9.17) is 14.2 Å². The molecular weight excluding hydrogens is 1380 g/mol. The predicted molar refractivity (Wildman–Crippen MR) is 393 cm³/mol. The monoisotopic (exact) mass is 1500 g/mol. The molecule has 6 nitrogen and oxygen atoms in total. The van der Waals surface area contributed by atoms with Gasteiger partial charge in [0.05, 0.1) is 14.2 Å². The first kappa shape index (κ1) is 94.5. The minimum atomic E-state index is -3.67. The number of phenolic OH excluding ortho intramolecular Hbond substituents is 2. The smallest absolute Gasteiger partial charge is 0.762 e. The topological polar surface area (TPSA) is 85.2 Å². The first-order valence-electron chi connectivity index (χ1n) is 32.2. The molecule has 89 heavy (non-hydrogen) atoms. The molecule has 0 saturated carbocycles. The van der Waals surface area contributed by atoms with Gasteiger partial charge in [-0.25, -0.2) is 0 Å². The highest BCUT2D eigenvalue weighted by molar-refractivity contribution is 9.69. The van der Waals surface area contributed by atoms with Crippen LogP contribution in [0.5, 0.6) is 23.0 Å². The van der Waals surface area contributed by atoms with Crippen LogP contribution in [0.15, 0.2) is 120 Å². The third-order valence-electron chi connectivity index (χ3n) is 14.2. The maximum absolute atomic E-state index is 10.7. The average molecular weight is 1500 g/mol. The van der Waals surface area contributed by atoms with E-state index in [0.717, 1.165) is 68.3 Å². The van der Waals surface area contributed by atoms with E-state index in [2.05, 4.69) is 172 Å². The number of halogens is 7. The van der Waals surface area contributed by atoms with Gasteiger partial charge in [0.1, 0.15) is 29.3 Å².